The first-order valence-electron chi connectivity index (χ1n) is 4.88. The lowest BCUT2D eigenvalue weighted by atomic mass is 10.2. The SMILES string of the molecule is CCCN(C)C(=O)N[C@H](CCO)C(=O)O. The van der Waals surface area contributed by atoms with Crippen LogP contribution in [0.2, 0.25) is 0 Å². The van der Waals surface area contributed by atoms with E-state index < -0.39 is 18.0 Å². The summed E-state index contributed by atoms with van der Waals surface area (Å²) in [6, 6.07) is -1.46. The Morgan fingerprint density at radius 3 is 2.47 bits per heavy atom. The van der Waals surface area contributed by atoms with Gasteiger partial charge in [0.2, 0.25) is 0 Å². The normalized spacial score (nSPS) is 11.9. The van der Waals surface area contributed by atoms with Crippen molar-refractivity contribution in [3.05, 3.63) is 0 Å². The summed E-state index contributed by atoms with van der Waals surface area (Å²) < 4.78 is 0. The maximum absolute atomic E-state index is 11.4. The van der Waals surface area contributed by atoms with Crippen molar-refractivity contribution in [2.75, 3.05) is 20.2 Å². The minimum absolute atomic E-state index is 0.0149. The molecule has 0 bridgehead atoms. The Morgan fingerprint density at radius 1 is 1.47 bits per heavy atom. The second-order valence-corrected chi connectivity index (χ2v) is 3.27. The van der Waals surface area contributed by atoms with Crippen LogP contribution in [0.3, 0.4) is 0 Å². The average molecular weight is 218 g/mol. The number of carboxylic acids is 1. The standard InChI is InChI=1S/C9H18N2O4/c1-3-5-11(2)9(15)10-7(4-6-12)8(13)14/h7,12H,3-6H2,1-2H3,(H,10,15)(H,13,14)/t7-/m1/s1. The highest BCUT2D eigenvalue weighted by Crippen LogP contribution is 1.94. The molecular formula is C9H18N2O4. The van der Waals surface area contributed by atoms with Crippen molar-refractivity contribution in [3.63, 3.8) is 0 Å². The van der Waals surface area contributed by atoms with Crippen LogP contribution in [0.1, 0.15) is 19.8 Å². The van der Waals surface area contributed by atoms with Gasteiger partial charge in [0.05, 0.1) is 0 Å². The summed E-state index contributed by atoms with van der Waals surface area (Å²) in [6.45, 7) is 2.22. The highest BCUT2D eigenvalue weighted by molar-refractivity contribution is 5.82. The van der Waals surface area contributed by atoms with E-state index in [1.807, 2.05) is 6.92 Å². The first-order chi connectivity index (χ1) is 7.02. The fourth-order valence-corrected chi connectivity index (χ4v) is 1.08. The van der Waals surface area contributed by atoms with Crippen LogP contribution >= 0.6 is 0 Å². The summed E-state index contributed by atoms with van der Waals surface area (Å²) in [5, 5.41) is 19.7. The van der Waals surface area contributed by atoms with Crippen molar-refractivity contribution >= 4 is 12.0 Å². The molecule has 3 N–H and O–H groups in total. The monoisotopic (exact) mass is 218 g/mol. The van der Waals surface area contributed by atoms with Crippen molar-refractivity contribution in [2.24, 2.45) is 0 Å². The molecule has 0 saturated carbocycles. The molecule has 15 heavy (non-hydrogen) atoms. The van der Waals surface area contributed by atoms with Gasteiger partial charge in [0, 0.05) is 26.6 Å². The zero-order chi connectivity index (χ0) is 11.8. The van der Waals surface area contributed by atoms with Crippen LogP contribution in [-0.2, 0) is 4.79 Å². The van der Waals surface area contributed by atoms with E-state index in [1.165, 1.54) is 4.90 Å². The lowest BCUT2D eigenvalue weighted by molar-refractivity contribution is -0.139. The molecule has 0 aliphatic carbocycles. The Hall–Kier alpha value is -1.30. The van der Waals surface area contributed by atoms with Gasteiger partial charge < -0.3 is 20.4 Å². The second-order valence-electron chi connectivity index (χ2n) is 3.27. The van der Waals surface area contributed by atoms with Crippen molar-refractivity contribution < 1.29 is 19.8 Å². The molecule has 0 aromatic heterocycles. The van der Waals surface area contributed by atoms with Gasteiger partial charge in [-0.1, -0.05) is 6.92 Å². The van der Waals surface area contributed by atoms with Gasteiger partial charge >= 0.3 is 12.0 Å². The van der Waals surface area contributed by atoms with Gasteiger partial charge in [-0.3, -0.25) is 0 Å². The number of nitrogens with one attached hydrogen (secondary N) is 1. The number of aliphatic carboxylic acids is 1. The number of aliphatic hydroxyl groups excluding tert-OH is 1. The number of carbonyl (C=O) groups is 2. The van der Waals surface area contributed by atoms with E-state index in [9.17, 15) is 9.59 Å². The molecule has 1 atom stereocenters. The van der Waals surface area contributed by atoms with Crippen LogP contribution < -0.4 is 5.32 Å². The van der Waals surface area contributed by atoms with E-state index in [-0.39, 0.29) is 13.0 Å². The van der Waals surface area contributed by atoms with E-state index in [2.05, 4.69) is 5.32 Å². The van der Waals surface area contributed by atoms with Crippen LogP contribution in [0.4, 0.5) is 4.79 Å². The third-order valence-electron chi connectivity index (χ3n) is 1.92. The Balaban J connectivity index is 4.15. The number of aliphatic hydroxyl groups is 1. The van der Waals surface area contributed by atoms with Gasteiger partial charge in [-0.25, -0.2) is 9.59 Å². The number of urea groups is 1. The maximum Gasteiger partial charge on any atom is 0.326 e. The molecule has 0 spiro atoms. The van der Waals surface area contributed by atoms with E-state index in [0.29, 0.717) is 6.54 Å². The molecule has 0 rings (SSSR count). The molecule has 6 nitrogen and oxygen atoms in total. The largest absolute Gasteiger partial charge is 0.480 e. The Bertz CT molecular complexity index is 220. The minimum atomic E-state index is -1.14. The molecule has 0 saturated heterocycles. The minimum Gasteiger partial charge on any atom is -0.480 e. The van der Waals surface area contributed by atoms with Crippen LogP contribution in [0.5, 0.6) is 0 Å². The number of rotatable bonds is 6. The molecule has 0 unspecified atom stereocenters. The molecule has 2 amide bonds. The van der Waals surface area contributed by atoms with Crippen molar-refractivity contribution in [3.8, 4) is 0 Å². The number of hydrogen-bond acceptors (Lipinski definition) is 3. The zero-order valence-electron chi connectivity index (χ0n) is 9.06. The van der Waals surface area contributed by atoms with E-state index in [0.717, 1.165) is 6.42 Å². The smallest absolute Gasteiger partial charge is 0.326 e. The van der Waals surface area contributed by atoms with Crippen LogP contribution in [0, 0.1) is 0 Å². The number of nitrogens with zero attached hydrogens (tertiary/aromatic N) is 1. The summed E-state index contributed by atoms with van der Waals surface area (Å²) in [5.41, 5.74) is 0. The topological polar surface area (TPSA) is 89.9 Å². The van der Waals surface area contributed by atoms with Crippen molar-refractivity contribution in [2.45, 2.75) is 25.8 Å². The van der Waals surface area contributed by atoms with Gasteiger partial charge in [0.25, 0.3) is 0 Å². The predicted octanol–water partition coefficient (Wildman–Crippen LogP) is -0.127. The first-order valence-corrected chi connectivity index (χ1v) is 4.88. The summed E-state index contributed by atoms with van der Waals surface area (Å²) in [7, 11) is 1.59. The highest BCUT2D eigenvalue weighted by Gasteiger charge is 2.20. The maximum atomic E-state index is 11.4. The fraction of sp³-hybridized carbons (Fsp3) is 0.778. The third kappa shape index (κ3) is 5.21. The molecule has 0 aliphatic heterocycles. The predicted molar refractivity (Wildman–Crippen MR) is 54.6 cm³/mol. The highest BCUT2D eigenvalue weighted by atomic mass is 16.4. The molecule has 0 fully saturated rings. The second kappa shape index (κ2) is 7.05. The van der Waals surface area contributed by atoms with E-state index in [1.54, 1.807) is 7.05 Å². The molecule has 0 aromatic carbocycles. The summed E-state index contributed by atoms with van der Waals surface area (Å²) >= 11 is 0. The van der Waals surface area contributed by atoms with E-state index >= 15 is 0 Å². The Kier molecular flexibility index (Phi) is 6.44. The zero-order valence-corrected chi connectivity index (χ0v) is 9.06. The van der Waals surface area contributed by atoms with Crippen LogP contribution in [0.15, 0.2) is 0 Å². The van der Waals surface area contributed by atoms with Gasteiger partial charge in [0.1, 0.15) is 6.04 Å². The summed E-state index contributed by atoms with van der Waals surface area (Å²) in [6.07, 6.45) is 0.822. The molecule has 0 radical (unpaired) electrons. The van der Waals surface area contributed by atoms with Gasteiger partial charge in [-0.15, -0.1) is 0 Å². The van der Waals surface area contributed by atoms with Crippen molar-refractivity contribution in [1.82, 2.24) is 10.2 Å². The lowest BCUT2D eigenvalue weighted by Gasteiger charge is -2.20. The average Bonchev–Trinajstić information content (AvgIpc) is 2.17. The number of carbonyl (C=O) groups excluding carboxylic acids is 1. The molecule has 0 aromatic rings. The third-order valence-corrected chi connectivity index (χ3v) is 1.92. The van der Waals surface area contributed by atoms with Gasteiger partial charge in [0.15, 0.2) is 0 Å². The molecular weight excluding hydrogens is 200 g/mol. The number of carboxylic acid groups (broad SMARTS) is 1. The molecule has 0 heterocycles. The van der Waals surface area contributed by atoms with Crippen LogP contribution in [-0.4, -0.2) is 53.4 Å². The molecule has 88 valence electrons. The fourth-order valence-electron chi connectivity index (χ4n) is 1.08. The van der Waals surface area contributed by atoms with E-state index in [4.69, 9.17) is 10.2 Å². The molecule has 0 aliphatic rings. The molecule has 6 heteroatoms. The Morgan fingerprint density at radius 2 is 2.07 bits per heavy atom. The van der Waals surface area contributed by atoms with Crippen LogP contribution in [0.25, 0.3) is 0 Å². The number of hydrogen-bond donors (Lipinski definition) is 3. The summed E-state index contributed by atoms with van der Waals surface area (Å²) in [5.74, 6) is -1.14. The summed E-state index contributed by atoms with van der Waals surface area (Å²) in [4.78, 5) is 23.5. The lowest BCUT2D eigenvalue weighted by Crippen LogP contribution is -2.47. The Labute approximate surface area is 88.9 Å². The quantitative estimate of drug-likeness (QED) is 0.579. The number of amides is 2. The van der Waals surface area contributed by atoms with Gasteiger partial charge in [-0.05, 0) is 6.42 Å². The first kappa shape index (κ1) is 13.7. The van der Waals surface area contributed by atoms with Crippen molar-refractivity contribution in [1.29, 1.82) is 0 Å². The van der Waals surface area contributed by atoms with Gasteiger partial charge in [-0.2, -0.15) is 0 Å².